The van der Waals surface area contributed by atoms with Crippen molar-refractivity contribution in [3.05, 3.63) is 0 Å². The summed E-state index contributed by atoms with van der Waals surface area (Å²) < 4.78 is 23.0. The lowest BCUT2D eigenvalue weighted by molar-refractivity contribution is 0.554. The minimum atomic E-state index is -0.798. The molecule has 0 aromatic heterocycles. The summed E-state index contributed by atoms with van der Waals surface area (Å²) in [5.74, 6) is 0. The molecule has 18 heavy (non-hydrogen) atoms. The highest BCUT2D eigenvalue weighted by Gasteiger charge is 2.49. The molecule has 3 saturated heterocycles. The van der Waals surface area contributed by atoms with Crippen molar-refractivity contribution in [3.8, 4) is 0 Å². The van der Waals surface area contributed by atoms with Gasteiger partial charge in [0.25, 0.3) is 0 Å². The van der Waals surface area contributed by atoms with Gasteiger partial charge in [-0.3, -0.25) is 0 Å². The third-order valence-electron chi connectivity index (χ3n) is 4.13. The van der Waals surface area contributed by atoms with Crippen LogP contribution in [0.3, 0.4) is 0 Å². The Kier molecular flexibility index (Phi) is 5.03. The Bertz CT molecular complexity index is 305. The van der Waals surface area contributed by atoms with E-state index in [1.54, 1.807) is 0 Å². The number of nitrogens with one attached hydrogen (secondary N) is 2. The van der Waals surface area contributed by atoms with Crippen molar-refractivity contribution in [3.63, 3.8) is 0 Å². The Balaban J connectivity index is 1.69. The summed E-state index contributed by atoms with van der Waals surface area (Å²) >= 11 is 0. The highest BCUT2D eigenvalue weighted by molar-refractivity contribution is 7.00. The lowest BCUT2D eigenvalue weighted by Crippen LogP contribution is -2.90. The molecule has 2 atom stereocenters. The molecule has 0 spiro atoms. The van der Waals surface area contributed by atoms with Crippen LogP contribution in [0.1, 0.15) is 0 Å². The largest absolute Gasteiger partial charge is 0.360 e. The van der Waals surface area contributed by atoms with E-state index >= 15 is 0 Å². The first kappa shape index (κ1) is 14.6. The Morgan fingerprint density at radius 2 is 2.06 bits per heavy atom. The fraction of sp³-hybridized carbons (Fsp3) is 1.00. The Labute approximate surface area is 130 Å². The Morgan fingerprint density at radius 1 is 1.22 bits per heavy atom. The molecule has 104 valence electrons. The van der Waals surface area contributed by atoms with E-state index in [0.717, 1.165) is 0 Å². The van der Waals surface area contributed by atoms with E-state index in [9.17, 15) is 0 Å². The van der Waals surface area contributed by atoms with Crippen LogP contribution in [0, 0.1) is 0 Å². The molecule has 7 nitrogen and oxygen atoms in total. The summed E-state index contributed by atoms with van der Waals surface area (Å²) in [5, 5.41) is 0. The van der Waals surface area contributed by atoms with E-state index in [4.69, 9.17) is 0 Å². The molecule has 3 heterocycles. The van der Waals surface area contributed by atoms with Gasteiger partial charge in [0.2, 0.25) is 18.6 Å². The first-order valence-corrected chi connectivity index (χ1v) is 19.4. The fourth-order valence-electron chi connectivity index (χ4n) is 3.23. The van der Waals surface area contributed by atoms with E-state index in [-0.39, 0.29) is 58.9 Å². The molecular weight excluding hydrogens is 375 g/mol. The number of rotatable bonds is 1. The summed E-state index contributed by atoms with van der Waals surface area (Å²) in [6.45, 7) is 2.48. The van der Waals surface area contributed by atoms with Crippen LogP contribution < -0.4 is 9.30 Å². The van der Waals surface area contributed by atoms with Gasteiger partial charge in [-0.25, -0.2) is 0 Å². The average molecular weight is 400 g/mol. The summed E-state index contributed by atoms with van der Waals surface area (Å²) in [5.41, 5.74) is 0. The maximum atomic E-state index is 4.18. The van der Waals surface area contributed by atoms with Gasteiger partial charge in [-0.1, -0.05) is 6.55 Å². The topological polar surface area (TPSA) is 40.3 Å². The van der Waals surface area contributed by atoms with E-state index < -0.39 is 18.6 Å². The van der Waals surface area contributed by atoms with Gasteiger partial charge in [0.1, 0.15) is 0 Å². The third kappa shape index (κ3) is 2.70. The Morgan fingerprint density at radius 3 is 2.78 bits per heavy atom. The molecular formula is C2H25N7Si9. The lowest BCUT2D eigenvalue weighted by atomic mass is 11.6. The summed E-state index contributed by atoms with van der Waals surface area (Å²) in [7, 11) is 2.21. The summed E-state index contributed by atoms with van der Waals surface area (Å²) in [4.78, 5) is 0. The van der Waals surface area contributed by atoms with Crippen molar-refractivity contribution < 1.29 is 0 Å². The second-order valence-electron chi connectivity index (χ2n) is 5.54. The normalized spacial score (nSPS) is 45.0. The van der Waals surface area contributed by atoms with Gasteiger partial charge < -0.3 is 29.1 Å². The molecule has 16 heteroatoms. The first-order chi connectivity index (χ1) is 8.70. The van der Waals surface area contributed by atoms with Crippen molar-refractivity contribution in [2.45, 2.75) is 6.55 Å². The van der Waals surface area contributed by atoms with E-state index in [2.05, 4.69) is 42.7 Å². The number of nitrogens with zero attached hydrogens (tertiary/aromatic N) is 5. The second kappa shape index (κ2) is 6.20. The molecule has 0 bridgehead atoms. The van der Waals surface area contributed by atoms with Crippen LogP contribution in [0.25, 0.3) is 0 Å². The zero-order chi connectivity index (χ0) is 12.7. The number of hydrogen-bond donors (Lipinski definition) is 2. The van der Waals surface area contributed by atoms with Crippen LogP contribution in [-0.2, 0) is 0 Å². The summed E-state index contributed by atoms with van der Waals surface area (Å²) in [6, 6.07) is 0. The third-order valence-corrected chi connectivity index (χ3v) is 34.9. The quantitative estimate of drug-likeness (QED) is 0.424. The molecule has 0 unspecified atom stereocenters. The maximum Gasteiger partial charge on any atom is 0.241 e. The van der Waals surface area contributed by atoms with E-state index in [1.807, 2.05) is 0 Å². The highest BCUT2D eigenvalue weighted by atomic mass is 28.5. The molecule has 3 fully saturated rings. The van der Waals surface area contributed by atoms with Gasteiger partial charge in [0, 0.05) is 0 Å². The number of fused-ring (bicyclic) bond motifs is 3. The Hall–Kier alpha value is 1.67. The first-order valence-electron chi connectivity index (χ1n) is 6.77. The summed E-state index contributed by atoms with van der Waals surface area (Å²) in [6.07, 6.45) is 0. The van der Waals surface area contributed by atoms with Crippen LogP contribution in [0.5, 0.6) is 0 Å². The molecule has 3 aliphatic heterocycles. The minimum Gasteiger partial charge on any atom is -0.360 e. The van der Waals surface area contributed by atoms with Gasteiger partial charge >= 0.3 is 0 Å². The highest BCUT2D eigenvalue weighted by Crippen LogP contribution is 2.18. The smallest absolute Gasteiger partial charge is 0.241 e. The average Bonchev–Trinajstić information content (AvgIpc) is 2.30. The molecule has 2 N–H and O–H groups in total. The molecule has 0 radical (unpaired) electrons. The second-order valence-corrected chi connectivity index (χ2v) is 35.6. The number of hydrogen-bond acceptors (Lipinski definition) is 7. The standard InChI is InChI=1S/C2H25N7Si9/c1-5-15-8-13-3-12-7(11-2)14-4-17(8)9-16-6(10)18(5)9/h3-4,17-18H,11-16H2,1-2,10H3/t17-,18-/m1/s1. The lowest BCUT2D eigenvalue weighted by Gasteiger charge is -2.61. The van der Waals surface area contributed by atoms with Gasteiger partial charge in [-0.15, -0.1) is 0 Å². The van der Waals surface area contributed by atoms with Crippen LogP contribution in [0.15, 0.2) is 0 Å². The van der Waals surface area contributed by atoms with Crippen molar-refractivity contribution in [2.24, 2.45) is 0 Å². The maximum absolute atomic E-state index is 4.18. The van der Waals surface area contributed by atoms with Crippen LogP contribution in [-0.4, -0.2) is 115 Å². The van der Waals surface area contributed by atoms with Crippen molar-refractivity contribution in [1.82, 2.24) is 29.1 Å². The molecule has 3 rings (SSSR count). The van der Waals surface area contributed by atoms with Crippen molar-refractivity contribution in [2.75, 3.05) is 7.05 Å². The van der Waals surface area contributed by atoms with Crippen LogP contribution >= 0.6 is 0 Å². The van der Waals surface area contributed by atoms with Gasteiger partial charge in [0.15, 0.2) is 49.2 Å². The van der Waals surface area contributed by atoms with Crippen LogP contribution in [0.2, 0.25) is 6.55 Å². The molecule has 0 amide bonds. The van der Waals surface area contributed by atoms with Gasteiger partial charge in [-0.05, 0) is 7.05 Å². The predicted molar refractivity (Wildman–Crippen MR) is 103 cm³/mol. The SMILES string of the molecule is C[SiH2]N1[SiH2]N[SiH2]N2[SiH2]N(C)[Si@@H]3N([SiH3])[SiH2]N3[Si@@H]2N[SiH2]1. The van der Waals surface area contributed by atoms with Gasteiger partial charge in [0.05, 0.1) is 20.1 Å². The van der Waals surface area contributed by atoms with Gasteiger partial charge in [-0.2, -0.15) is 0 Å². The monoisotopic (exact) mass is 399 g/mol. The fourth-order valence-corrected chi connectivity index (χ4v) is 58.6. The molecule has 0 saturated carbocycles. The molecule has 0 aromatic carbocycles. The molecule has 0 aromatic rings. The zero-order valence-corrected chi connectivity index (χ0v) is 24.4. The van der Waals surface area contributed by atoms with E-state index in [0.29, 0.717) is 0 Å². The molecule has 0 aliphatic carbocycles. The molecule has 3 aliphatic rings. The van der Waals surface area contributed by atoms with Crippen molar-refractivity contribution in [1.29, 1.82) is 0 Å². The zero-order valence-electron chi connectivity index (χ0n) is 11.6. The minimum absolute atomic E-state index is 0.0303. The van der Waals surface area contributed by atoms with Crippen LogP contribution in [0.4, 0.5) is 0 Å². The van der Waals surface area contributed by atoms with Crippen molar-refractivity contribution >= 4 is 87.9 Å². The van der Waals surface area contributed by atoms with E-state index in [1.165, 1.54) is 10.4 Å². The predicted octanol–water partition coefficient (Wildman–Crippen LogP) is -9.81.